The van der Waals surface area contributed by atoms with Crippen molar-refractivity contribution in [3.63, 3.8) is 0 Å². The predicted octanol–water partition coefficient (Wildman–Crippen LogP) is 0.870. The highest BCUT2D eigenvalue weighted by Gasteiger charge is 2.53. The Labute approximate surface area is 132 Å². The average Bonchev–Trinajstić information content (AvgIpc) is 3.21. The number of carbonyl (C=O) groups excluding carboxylic acids is 1. The Morgan fingerprint density at radius 1 is 1.36 bits per heavy atom. The van der Waals surface area contributed by atoms with E-state index in [1.165, 1.54) is 20.0 Å². The molecule has 0 aromatic rings. The van der Waals surface area contributed by atoms with Crippen LogP contribution in [0.3, 0.4) is 0 Å². The lowest BCUT2D eigenvalue weighted by Crippen LogP contribution is -2.41. The van der Waals surface area contributed by atoms with Gasteiger partial charge in [0.1, 0.15) is 0 Å². The molecular formula is C16H27N3O3. The highest BCUT2D eigenvalue weighted by atomic mass is 16.5. The number of esters is 1. The van der Waals surface area contributed by atoms with E-state index >= 15 is 0 Å². The van der Waals surface area contributed by atoms with Crippen LogP contribution in [0.5, 0.6) is 0 Å². The maximum atomic E-state index is 11.5. The summed E-state index contributed by atoms with van der Waals surface area (Å²) < 4.78 is 10.8. The lowest BCUT2D eigenvalue weighted by molar-refractivity contribution is -0.144. The fraction of sp³-hybridized carbons (Fsp3) is 0.875. The van der Waals surface area contributed by atoms with Crippen LogP contribution in [-0.2, 0) is 14.3 Å². The van der Waals surface area contributed by atoms with Gasteiger partial charge in [-0.2, -0.15) is 0 Å². The van der Waals surface area contributed by atoms with E-state index in [-0.39, 0.29) is 11.9 Å². The molecule has 124 valence electrons. The van der Waals surface area contributed by atoms with E-state index in [9.17, 15) is 4.79 Å². The van der Waals surface area contributed by atoms with E-state index in [0.29, 0.717) is 30.6 Å². The van der Waals surface area contributed by atoms with E-state index < -0.39 is 0 Å². The number of hydrogen-bond acceptors (Lipinski definition) is 4. The monoisotopic (exact) mass is 309 g/mol. The summed E-state index contributed by atoms with van der Waals surface area (Å²) in [5.41, 5.74) is 0. The zero-order valence-corrected chi connectivity index (χ0v) is 13.7. The summed E-state index contributed by atoms with van der Waals surface area (Å²) >= 11 is 0. The Hall–Kier alpha value is -1.30. The fourth-order valence-corrected chi connectivity index (χ4v) is 4.06. The van der Waals surface area contributed by atoms with Crippen molar-refractivity contribution in [3.05, 3.63) is 0 Å². The van der Waals surface area contributed by atoms with Crippen LogP contribution in [0.1, 0.15) is 26.7 Å². The maximum absolute atomic E-state index is 11.5. The van der Waals surface area contributed by atoms with Crippen molar-refractivity contribution in [2.75, 3.05) is 33.3 Å². The van der Waals surface area contributed by atoms with Crippen molar-refractivity contribution in [1.82, 2.24) is 10.2 Å². The fourth-order valence-electron chi connectivity index (χ4n) is 4.06. The number of nitrogens with one attached hydrogen (secondary N) is 1. The van der Waals surface area contributed by atoms with Crippen molar-refractivity contribution in [2.45, 2.75) is 38.9 Å². The third-order valence-electron chi connectivity index (χ3n) is 5.21. The SMILES string of the molecule is CCNC(=NCC(C)C(=O)OC)N1CC2C3CCC(O3)C2C1. The van der Waals surface area contributed by atoms with E-state index in [2.05, 4.69) is 22.1 Å². The average molecular weight is 309 g/mol. The van der Waals surface area contributed by atoms with Crippen molar-refractivity contribution >= 4 is 11.9 Å². The number of fused-ring (bicyclic) bond motifs is 5. The number of aliphatic imine (C=N–C) groups is 1. The molecule has 3 aliphatic rings. The lowest BCUT2D eigenvalue weighted by atomic mass is 9.82. The smallest absolute Gasteiger partial charge is 0.310 e. The molecule has 0 aromatic carbocycles. The Bertz CT molecular complexity index is 436. The second kappa shape index (κ2) is 6.44. The van der Waals surface area contributed by atoms with Crippen molar-refractivity contribution in [2.24, 2.45) is 22.7 Å². The van der Waals surface area contributed by atoms with Crippen LogP contribution < -0.4 is 5.32 Å². The molecule has 5 unspecified atom stereocenters. The standard InChI is InChI=1S/C16H27N3O3/c1-4-17-16(18-7-10(2)15(20)21-3)19-8-11-12(9-19)14-6-5-13(11)22-14/h10-14H,4-9H2,1-3H3,(H,17,18). The van der Waals surface area contributed by atoms with Gasteiger partial charge in [0.15, 0.2) is 5.96 Å². The third-order valence-corrected chi connectivity index (χ3v) is 5.21. The molecule has 3 aliphatic heterocycles. The molecule has 3 fully saturated rings. The molecule has 3 heterocycles. The lowest BCUT2D eigenvalue weighted by Gasteiger charge is -2.23. The first-order valence-corrected chi connectivity index (χ1v) is 8.40. The van der Waals surface area contributed by atoms with E-state index in [1.54, 1.807) is 0 Å². The predicted molar refractivity (Wildman–Crippen MR) is 83.6 cm³/mol. The minimum atomic E-state index is -0.208. The van der Waals surface area contributed by atoms with Crippen LogP contribution in [0.2, 0.25) is 0 Å². The highest BCUT2D eigenvalue weighted by molar-refractivity contribution is 5.81. The van der Waals surface area contributed by atoms with Crippen LogP contribution in [0.15, 0.2) is 4.99 Å². The summed E-state index contributed by atoms with van der Waals surface area (Å²) in [6.07, 6.45) is 3.34. The summed E-state index contributed by atoms with van der Waals surface area (Å²) in [5, 5.41) is 3.36. The summed E-state index contributed by atoms with van der Waals surface area (Å²) in [5.74, 6) is 1.82. The van der Waals surface area contributed by atoms with Crippen LogP contribution in [0, 0.1) is 17.8 Å². The molecule has 3 rings (SSSR count). The summed E-state index contributed by atoms with van der Waals surface area (Å²) in [6.45, 7) is 7.26. The van der Waals surface area contributed by atoms with E-state index in [1.807, 2.05) is 6.92 Å². The normalized spacial score (nSPS) is 34.7. The van der Waals surface area contributed by atoms with Gasteiger partial charge < -0.3 is 19.7 Å². The van der Waals surface area contributed by atoms with Gasteiger partial charge in [0.05, 0.1) is 31.8 Å². The summed E-state index contributed by atoms with van der Waals surface area (Å²) in [6, 6.07) is 0. The quantitative estimate of drug-likeness (QED) is 0.474. The summed E-state index contributed by atoms with van der Waals surface area (Å²) in [4.78, 5) is 18.5. The molecule has 3 saturated heterocycles. The van der Waals surface area contributed by atoms with Crippen molar-refractivity contribution < 1.29 is 14.3 Å². The molecule has 0 radical (unpaired) electrons. The summed E-state index contributed by atoms with van der Waals surface area (Å²) in [7, 11) is 1.42. The highest BCUT2D eigenvalue weighted by Crippen LogP contribution is 2.47. The third kappa shape index (κ3) is 2.81. The second-order valence-electron chi connectivity index (χ2n) is 6.64. The van der Waals surface area contributed by atoms with Gasteiger partial charge in [0, 0.05) is 31.5 Å². The Kier molecular flexibility index (Phi) is 4.57. The minimum absolute atomic E-state index is 0.204. The molecule has 0 amide bonds. The van der Waals surface area contributed by atoms with Gasteiger partial charge in [-0.1, -0.05) is 6.92 Å². The topological polar surface area (TPSA) is 63.2 Å². The van der Waals surface area contributed by atoms with Gasteiger partial charge in [0.25, 0.3) is 0 Å². The molecule has 2 bridgehead atoms. The molecule has 0 spiro atoms. The number of hydrogen-bond donors (Lipinski definition) is 1. The van der Waals surface area contributed by atoms with Crippen LogP contribution in [0.25, 0.3) is 0 Å². The van der Waals surface area contributed by atoms with Gasteiger partial charge in [-0.05, 0) is 19.8 Å². The van der Waals surface area contributed by atoms with Gasteiger partial charge in [-0.15, -0.1) is 0 Å². The van der Waals surface area contributed by atoms with Gasteiger partial charge in [0.2, 0.25) is 0 Å². The van der Waals surface area contributed by atoms with Crippen LogP contribution in [0.4, 0.5) is 0 Å². The number of likely N-dealkylation sites (tertiary alicyclic amines) is 1. The first-order chi connectivity index (χ1) is 10.6. The molecule has 22 heavy (non-hydrogen) atoms. The molecule has 5 atom stereocenters. The van der Waals surface area contributed by atoms with Crippen molar-refractivity contribution in [3.8, 4) is 0 Å². The molecule has 0 aromatic heterocycles. The molecule has 6 nitrogen and oxygen atoms in total. The molecule has 0 saturated carbocycles. The first kappa shape index (κ1) is 15.6. The second-order valence-corrected chi connectivity index (χ2v) is 6.64. The minimum Gasteiger partial charge on any atom is -0.469 e. The molecular weight excluding hydrogens is 282 g/mol. The Balaban J connectivity index is 1.63. The van der Waals surface area contributed by atoms with E-state index in [4.69, 9.17) is 9.47 Å². The van der Waals surface area contributed by atoms with E-state index in [0.717, 1.165) is 25.6 Å². The number of carbonyl (C=O) groups is 1. The largest absolute Gasteiger partial charge is 0.469 e. The van der Waals surface area contributed by atoms with Crippen LogP contribution >= 0.6 is 0 Å². The number of methoxy groups -OCH3 is 1. The molecule has 6 heteroatoms. The zero-order chi connectivity index (χ0) is 15.7. The Morgan fingerprint density at radius 2 is 2.00 bits per heavy atom. The Morgan fingerprint density at radius 3 is 2.55 bits per heavy atom. The molecule has 0 aliphatic carbocycles. The number of ether oxygens (including phenoxy) is 2. The number of guanidine groups is 1. The van der Waals surface area contributed by atoms with Gasteiger partial charge in [-0.25, -0.2) is 0 Å². The zero-order valence-electron chi connectivity index (χ0n) is 13.7. The van der Waals surface area contributed by atoms with Gasteiger partial charge in [-0.3, -0.25) is 9.79 Å². The maximum Gasteiger partial charge on any atom is 0.310 e. The first-order valence-electron chi connectivity index (χ1n) is 8.40. The number of nitrogens with zero attached hydrogens (tertiary/aromatic N) is 2. The molecule has 1 N–H and O–H groups in total. The van der Waals surface area contributed by atoms with Crippen LogP contribution in [-0.4, -0.2) is 62.3 Å². The number of rotatable bonds is 4. The van der Waals surface area contributed by atoms with Gasteiger partial charge >= 0.3 is 5.97 Å². The van der Waals surface area contributed by atoms with Crippen molar-refractivity contribution in [1.29, 1.82) is 0 Å².